The van der Waals surface area contributed by atoms with Crippen LogP contribution < -0.4 is 10.1 Å². The van der Waals surface area contributed by atoms with E-state index in [4.69, 9.17) is 4.74 Å². The maximum Gasteiger partial charge on any atom is 0.224 e. The van der Waals surface area contributed by atoms with Gasteiger partial charge in [0.25, 0.3) is 0 Å². The highest BCUT2D eigenvalue weighted by Crippen LogP contribution is 2.45. The molecular formula is C26H34N2O4. The van der Waals surface area contributed by atoms with Crippen molar-refractivity contribution in [2.45, 2.75) is 64.3 Å². The molecule has 0 unspecified atom stereocenters. The summed E-state index contributed by atoms with van der Waals surface area (Å²) in [5.41, 5.74) is 4.49. The molecule has 1 saturated heterocycles. The number of hydrogen-bond acceptors (Lipinski definition) is 5. The zero-order valence-electron chi connectivity index (χ0n) is 19.2. The number of nitrogens with zero attached hydrogens (tertiary/aromatic N) is 1. The van der Waals surface area contributed by atoms with Crippen molar-refractivity contribution in [2.24, 2.45) is 0 Å². The average Bonchev–Trinajstić information content (AvgIpc) is 2.77. The third-order valence-electron chi connectivity index (χ3n) is 6.98. The van der Waals surface area contributed by atoms with E-state index in [9.17, 15) is 15.0 Å². The third kappa shape index (κ3) is 4.82. The summed E-state index contributed by atoms with van der Waals surface area (Å²) in [7, 11) is 0. The van der Waals surface area contributed by atoms with Crippen LogP contribution in [0.15, 0.2) is 36.4 Å². The zero-order valence-corrected chi connectivity index (χ0v) is 19.2. The maximum atomic E-state index is 11.5. The number of carbonyl (C=O) groups excluding carboxylic acids is 1. The van der Waals surface area contributed by atoms with E-state index in [1.54, 1.807) is 0 Å². The molecule has 1 spiro atoms. The number of nitrogens with one attached hydrogen (secondary N) is 1. The summed E-state index contributed by atoms with van der Waals surface area (Å²) in [6, 6.07) is 11.5. The van der Waals surface area contributed by atoms with Crippen molar-refractivity contribution in [3.63, 3.8) is 0 Å². The van der Waals surface area contributed by atoms with E-state index in [1.165, 1.54) is 11.1 Å². The van der Waals surface area contributed by atoms with Gasteiger partial charge in [0.1, 0.15) is 11.4 Å². The Hall–Kier alpha value is -2.41. The Morgan fingerprint density at radius 3 is 2.50 bits per heavy atom. The maximum absolute atomic E-state index is 11.5. The molecule has 0 bridgehead atoms. The van der Waals surface area contributed by atoms with Crippen LogP contribution in [0.3, 0.4) is 0 Å². The van der Waals surface area contributed by atoms with Gasteiger partial charge < -0.3 is 25.2 Å². The van der Waals surface area contributed by atoms with Gasteiger partial charge in [0.15, 0.2) is 0 Å². The van der Waals surface area contributed by atoms with Gasteiger partial charge in [0.2, 0.25) is 5.91 Å². The summed E-state index contributed by atoms with van der Waals surface area (Å²) in [6.07, 6.45) is 1.61. The second-order valence-electron chi connectivity index (χ2n) is 9.32. The number of carbonyl (C=O) groups is 1. The lowest BCUT2D eigenvalue weighted by molar-refractivity contribution is -0.115. The number of β-amino-alcohol motifs (C(OH)–C–C–N with tert-alkyl or cyclic N) is 1. The molecule has 3 N–H and O–H groups in total. The highest BCUT2D eigenvalue weighted by atomic mass is 16.5. The number of piperidine rings is 1. The van der Waals surface area contributed by atoms with Crippen molar-refractivity contribution in [3.8, 4) is 5.75 Å². The Kier molecular flexibility index (Phi) is 6.56. The van der Waals surface area contributed by atoms with Crippen LogP contribution in [-0.2, 0) is 4.79 Å². The van der Waals surface area contributed by atoms with Crippen LogP contribution in [0.5, 0.6) is 5.75 Å². The first-order chi connectivity index (χ1) is 15.3. The second-order valence-corrected chi connectivity index (χ2v) is 9.32. The molecule has 1 amide bonds. The Balaban J connectivity index is 1.34. The van der Waals surface area contributed by atoms with Gasteiger partial charge in [-0.15, -0.1) is 0 Å². The molecule has 6 nitrogen and oxygen atoms in total. The Labute approximate surface area is 190 Å². The molecule has 2 aliphatic heterocycles. The third-order valence-corrected chi connectivity index (χ3v) is 6.98. The van der Waals surface area contributed by atoms with Crippen LogP contribution >= 0.6 is 0 Å². The molecule has 0 aliphatic carbocycles. The van der Waals surface area contributed by atoms with E-state index in [0.717, 1.165) is 48.5 Å². The summed E-state index contributed by atoms with van der Waals surface area (Å²) in [5.74, 6) is 0.791. The minimum atomic E-state index is -0.593. The number of aryl methyl sites for hydroxylation is 2. The van der Waals surface area contributed by atoms with Gasteiger partial charge >= 0.3 is 0 Å². The highest BCUT2D eigenvalue weighted by molar-refractivity contribution is 5.90. The van der Waals surface area contributed by atoms with Crippen molar-refractivity contribution < 1.29 is 19.7 Å². The number of ether oxygens (including phenoxy) is 1. The molecule has 0 aromatic heterocycles. The predicted molar refractivity (Wildman–Crippen MR) is 125 cm³/mol. The Morgan fingerprint density at radius 2 is 1.84 bits per heavy atom. The molecule has 2 aliphatic rings. The predicted octanol–water partition coefficient (Wildman–Crippen LogP) is 4.04. The summed E-state index contributed by atoms with van der Waals surface area (Å²) < 4.78 is 6.47. The van der Waals surface area contributed by atoms with Gasteiger partial charge in [-0.1, -0.05) is 19.1 Å². The van der Waals surface area contributed by atoms with Crippen molar-refractivity contribution in [1.82, 2.24) is 4.90 Å². The fraction of sp³-hybridized carbons (Fsp3) is 0.500. The monoisotopic (exact) mass is 438 g/mol. The molecule has 1 fully saturated rings. The van der Waals surface area contributed by atoms with Crippen LogP contribution in [0.4, 0.5) is 5.69 Å². The van der Waals surface area contributed by atoms with Crippen LogP contribution in [0.1, 0.15) is 67.1 Å². The van der Waals surface area contributed by atoms with E-state index >= 15 is 0 Å². The number of fused-ring (bicyclic) bond motifs is 1. The Bertz CT molecular complexity index is 965. The van der Waals surface area contributed by atoms with Crippen LogP contribution in [0, 0.1) is 13.8 Å². The lowest BCUT2D eigenvalue weighted by Crippen LogP contribution is -2.51. The first kappa shape index (κ1) is 22.8. The quantitative estimate of drug-likeness (QED) is 0.657. The zero-order chi connectivity index (χ0) is 22.9. The fourth-order valence-corrected chi connectivity index (χ4v) is 4.74. The molecule has 6 heteroatoms. The number of hydrogen-bond donors (Lipinski definition) is 3. The minimum Gasteiger partial charge on any atom is -0.487 e. The van der Waals surface area contributed by atoms with Crippen LogP contribution in [0.25, 0.3) is 0 Å². The Morgan fingerprint density at radius 1 is 1.19 bits per heavy atom. The summed E-state index contributed by atoms with van der Waals surface area (Å²) in [4.78, 5) is 13.8. The number of aliphatic hydroxyl groups excluding tert-OH is 2. The molecular weight excluding hydrogens is 404 g/mol. The lowest BCUT2D eigenvalue weighted by Gasteiger charge is -2.46. The first-order valence-electron chi connectivity index (χ1n) is 11.6. The van der Waals surface area contributed by atoms with Crippen molar-refractivity contribution in [2.75, 3.05) is 25.0 Å². The summed E-state index contributed by atoms with van der Waals surface area (Å²) in [5, 5.41) is 24.3. The number of benzene rings is 2. The van der Waals surface area contributed by atoms with Gasteiger partial charge in [-0.05, 0) is 67.6 Å². The fourth-order valence-electron chi connectivity index (χ4n) is 4.74. The smallest absolute Gasteiger partial charge is 0.224 e. The van der Waals surface area contributed by atoms with Crippen molar-refractivity contribution >= 4 is 11.6 Å². The average molecular weight is 439 g/mol. The summed E-state index contributed by atoms with van der Waals surface area (Å²) >= 11 is 0. The van der Waals surface area contributed by atoms with Crippen molar-refractivity contribution in [1.29, 1.82) is 0 Å². The lowest BCUT2D eigenvalue weighted by atomic mass is 9.81. The molecule has 2 atom stereocenters. The topological polar surface area (TPSA) is 82.0 Å². The minimum absolute atomic E-state index is 0.0245. The number of amides is 1. The summed E-state index contributed by atoms with van der Waals surface area (Å²) in [6.45, 7) is 8.12. The number of aliphatic hydroxyl groups is 2. The van der Waals surface area contributed by atoms with Gasteiger partial charge in [-0.3, -0.25) is 4.79 Å². The van der Waals surface area contributed by atoms with E-state index in [1.807, 2.05) is 37.3 Å². The molecule has 2 aromatic rings. The van der Waals surface area contributed by atoms with E-state index < -0.39 is 12.2 Å². The molecule has 172 valence electrons. The molecule has 2 heterocycles. The van der Waals surface area contributed by atoms with Gasteiger partial charge in [0, 0.05) is 43.7 Å². The molecule has 2 aromatic carbocycles. The van der Waals surface area contributed by atoms with E-state index in [0.29, 0.717) is 19.4 Å². The van der Waals surface area contributed by atoms with Gasteiger partial charge in [-0.25, -0.2) is 0 Å². The number of likely N-dealkylation sites (tertiary alicyclic amines) is 1. The first-order valence-corrected chi connectivity index (χ1v) is 11.6. The largest absolute Gasteiger partial charge is 0.487 e. The standard InChI is InChI=1S/C26H34N2O4/c1-4-25(31)27-20-7-5-19(6-8-20)23(30)16-28-11-9-26(10-12-28)15-22(29)21-13-17(2)18(3)14-24(21)32-26/h5-8,13-14,22-23,29-30H,4,9-12,15-16H2,1-3H3,(H,27,31)/t22-,23-/m0/s1. The molecule has 32 heavy (non-hydrogen) atoms. The molecule has 0 radical (unpaired) electrons. The van der Waals surface area contributed by atoms with E-state index in [2.05, 4.69) is 30.1 Å². The van der Waals surface area contributed by atoms with E-state index in [-0.39, 0.29) is 11.5 Å². The van der Waals surface area contributed by atoms with Gasteiger partial charge in [-0.2, -0.15) is 0 Å². The van der Waals surface area contributed by atoms with Crippen molar-refractivity contribution in [3.05, 3.63) is 58.7 Å². The number of rotatable bonds is 5. The SMILES string of the molecule is CCC(=O)Nc1ccc([C@@H](O)CN2CCC3(CC2)C[C@H](O)c2cc(C)c(C)cc2O3)cc1. The van der Waals surface area contributed by atoms with Gasteiger partial charge in [0.05, 0.1) is 12.2 Å². The number of anilines is 1. The molecule has 4 rings (SSSR count). The second kappa shape index (κ2) is 9.22. The highest BCUT2D eigenvalue weighted by Gasteiger charge is 2.43. The van der Waals surface area contributed by atoms with Crippen LogP contribution in [-0.4, -0.2) is 46.3 Å². The van der Waals surface area contributed by atoms with Crippen LogP contribution in [0.2, 0.25) is 0 Å². The molecule has 0 saturated carbocycles. The normalized spacial score (nSPS) is 21.0.